The number of nitrogens with two attached hydrogens (primary N) is 1. The number of likely N-dealkylation sites (N-methyl/N-ethyl adjacent to an activating group) is 1. The van der Waals surface area contributed by atoms with Gasteiger partial charge in [-0.05, 0) is 50.6 Å². The third-order valence-corrected chi connectivity index (χ3v) is 4.95. The summed E-state index contributed by atoms with van der Waals surface area (Å²) >= 11 is 0. The highest BCUT2D eigenvalue weighted by molar-refractivity contribution is 5.22. The molecule has 2 heteroatoms. The molecule has 0 heterocycles. The van der Waals surface area contributed by atoms with Gasteiger partial charge >= 0.3 is 0 Å². The van der Waals surface area contributed by atoms with Crippen LogP contribution in [0.2, 0.25) is 0 Å². The maximum Gasteiger partial charge on any atom is 0.0337 e. The number of hydrogen-bond acceptors (Lipinski definition) is 2. The lowest BCUT2D eigenvalue weighted by atomic mass is 9.70. The summed E-state index contributed by atoms with van der Waals surface area (Å²) < 4.78 is 0. The fraction of sp³-hybridized carbons (Fsp3) is 0.667. The summed E-state index contributed by atoms with van der Waals surface area (Å²) in [6.07, 6.45) is 3.81. The SMILES string of the molecule is Cc1cccc(CN(C)C2(CN)CC(C)CC(C)C2)c1. The first kappa shape index (κ1) is 15.5. The maximum absolute atomic E-state index is 6.21. The minimum Gasteiger partial charge on any atom is -0.329 e. The van der Waals surface area contributed by atoms with E-state index in [-0.39, 0.29) is 5.54 Å². The molecule has 2 N–H and O–H groups in total. The molecular formula is C18H30N2. The van der Waals surface area contributed by atoms with Gasteiger partial charge in [0.25, 0.3) is 0 Å². The van der Waals surface area contributed by atoms with Gasteiger partial charge in [0.2, 0.25) is 0 Å². The first-order chi connectivity index (χ1) is 9.45. The van der Waals surface area contributed by atoms with Crippen molar-refractivity contribution in [1.29, 1.82) is 0 Å². The van der Waals surface area contributed by atoms with Crippen molar-refractivity contribution >= 4 is 0 Å². The zero-order valence-corrected chi connectivity index (χ0v) is 13.5. The highest BCUT2D eigenvalue weighted by Crippen LogP contribution is 2.39. The molecule has 0 amide bonds. The number of benzene rings is 1. The molecule has 1 aliphatic carbocycles. The highest BCUT2D eigenvalue weighted by atomic mass is 15.2. The molecule has 20 heavy (non-hydrogen) atoms. The Balaban J connectivity index is 2.14. The maximum atomic E-state index is 6.21. The van der Waals surface area contributed by atoms with Crippen LogP contribution in [0.5, 0.6) is 0 Å². The third-order valence-electron chi connectivity index (χ3n) is 4.95. The smallest absolute Gasteiger partial charge is 0.0337 e. The third kappa shape index (κ3) is 3.42. The molecule has 1 aliphatic rings. The Kier molecular flexibility index (Phi) is 4.87. The summed E-state index contributed by atoms with van der Waals surface area (Å²) in [5.74, 6) is 1.56. The second-order valence-corrected chi connectivity index (χ2v) is 7.13. The second-order valence-electron chi connectivity index (χ2n) is 7.13. The average Bonchev–Trinajstić information content (AvgIpc) is 2.37. The molecule has 0 bridgehead atoms. The summed E-state index contributed by atoms with van der Waals surface area (Å²) in [6.45, 7) is 8.68. The molecule has 0 aromatic heterocycles. The van der Waals surface area contributed by atoms with Gasteiger partial charge in [-0.3, -0.25) is 4.90 Å². The zero-order chi connectivity index (χ0) is 14.8. The van der Waals surface area contributed by atoms with Crippen molar-refractivity contribution in [3.8, 4) is 0 Å². The van der Waals surface area contributed by atoms with E-state index in [9.17, 15) is 0 Å². The van der Waals surface area contributed by atoms with Crippen LogP contribution in [0.25, 0.3) is 0 Å². The Morgan fingerprint density at radius 2 is 1.90 bits per heavy atom. The molecule has 0 spiro atoms. The monoisotopic (exact) mass is 274 g/mol. The molecule has 0 radical (unpaired) electrons. The molecule has 0 aliphatic heterocycles. The van der Waals surface area contributed by atoms with Crippen molar-refractivity contribution in [2.45, 2.75) is 52.1 Å². The van der Waals surface area contributed by atoms with E-state index in [4.69, 9.17) is 5.73 Å². The first-order valence-electron chi connectivity index (χ1n) is 7.92. The molecule has 1 saturated carbocycles. The normalized spacial score (nSPS) is 30.7. The van der Waals surface area contributed by atoms with Crippen molar-refractivity contribution in [2.24, 2.45) is 17.6 Å². The molecule has 2 nitrogen and oxygen atoms in total. The average molecular weight is 274 g/mol. The van der Waals surface area contributed by atoms with Gasteiger partial charge in [0.05, 0.1) is 0 Å². The van der Waals surface area contributed by atoms with E-state index in [1.165, 1.54) is 30.4 Å². The minimum absolute atomic E-state index is 0.181. The van der Waals surface area contributed by atoms with Crippen LogP contribution in [-0.2, 0) is 6.54 Å². The zero-order valence-electron chi connectivity index (χ0n) is 13.5. The van der Waals surface area contributed by atoms with E-state index in [2.05, 4.69) is 57.0 Å². The van der Waals surface area contributed by atoms with Gasteiger partial charge in [0.15, 0.2) is 0 Å². The van der Waals surface area contributed by atoms with E-state index in [0.717, 1.165) is 24.9 Å². The Morgan fingerprint density at radius 3 is 2.45 bits per heavy atom. The lowest BCUT2D eigenvalue weighted by molar-refractivity contribution is 0.0333. The fourth-order valence-electron chi connectivity index (χ4n) is 4.12. The number of aryl methyl sites for hydroxylation is 1. The number of nitrogens with zero attached hydrogens (tertiary/aromatic N) is 1. The minimum atomic E-state index is 0.181. The highest BCUT2D eigenvalue weighted by Gasteiger charge is 2.39. The van der Waals surface area contributed by atoms with Gasteiger partial charge in [0, 0.05) is 18.6 Å². The first-order valence-corrected chi connectivity index (χ1v) is 7.92. The van der Waals surface area contributed by atoms with Crippen molar-refractivity contribution in [3.05, 3.63) is 35.4 Å². The van der Waals surface area contributed by atoms with Gasteiger partial charge in [0.1, 0.15) is 0 Å². The van der Waals surface area contributed by atoms with E-state index >= 15 is 0 Å². The van der Waals surface area contributed by atoms with Crippen LogP contribution >= 0.6 is 0 Å². The largest absolute Gasteiger partial charge is 0.329 e. The summed E-state index contributed by atoms with van der Waals surface area (Å²) in [6, 6.07) is 8.83. The molecule has 1 fully saturated rings. The van der Waals surface area contributed by atoms with Crippen molar-refractivity contribution in [1.82, 2.24) is 4.90 Å². The predicted molar refractivity (Wildman–Crippen MR) is 86.6 cm³/mol. The molecule has 1 aromatic carbocycles. The molecule has 2 unspecified atom stereocenters. The van der Waals surface area contributed by atoms with Gasteiger partial charge in [-0.15, -0.1) is 0 Å². The summed E-state index contributed by atoms with van der Waals surface area (Å²) in [4.78, 5) is 2.51. The Labute approximate surface area is 124 Å². The molecular weight excluding hydrogens is 244 g/mol. The van der Waals surface area contributed by atoms with Gasteiger partial charge < -0.3 is 5.73 Å². The molecule has 2 atom stereocenters. The van der Waals surface area contributed by atoms with Crippen molar-refractivity contribution < 1.29 is 0 Å². The van der Waals surface area contributed by atoms with E-state index in [0.29, 0.717) is 0 Å². The molecule has 2 rings (SSSR count). The Morgan fingerprint density at radius 1 is 1.25 bits per heavy atom. The van der Waals surface area contributed by atoms with Crippen LogP contribution in [0.15, 0.2) is 24.3 Å². The van der Waals surface area contributed by atoms with E-state index < -0.39 is 0 Å². The van der Waals surface area contributed by atoms with Crippen LogP contribution in [0, 0.1) is 18.8 Å². The van der Waals surface area contributed by atoms with Crippen LogP contribution in [0.3, 0.4) is 0 Å². The van der Waals surface area contributed by atoms with Crippen molar-refractivity contribution in [3.63, 3.8) is 0 Å². The fourth-order valence-corrected chi connectivity index (χ4v) is 4.12. The Hall–Kier alpha value is -0.860. The Bertz CT molecular complexity index is 431. The number of rotatable bonds is 4. The van der Waals surface area contributed by atoms with E-state index in [1.807, 2.05) is 0 Å². The topological polar surface area (TPSA) is 29.3 Å². The van der Waals surface area contributed by atoms with Crippen molar-refractivity contribution in [2.75, 3.05) is 13.6 Å². The van der Waals surface area contributed by atoms with Crippen LogP contribution in [0.4, 0.5) is 0 Å². The van der Waals surface area contributed by atoms with Gasteiger partial charge in [-0.25, -0.2) is 0 Å². The van der Waals surface area contributed by atoms with Crippen LogP contribution in [0.1, 0.15) is 44.2 Å². The lowest BCUT2D eigenvalue weighted by Gasteiger charge is -2.48. The second kappa shape index (κ2) is 6.28. The summed E-state index contributed by atoms with van der Waals surface area (Å²) in [5, 5.41) is 0. The summed E-state index contributed by atoms with van der Waals surface area (Å²) in [5.41, 5.74) is 9.12. The lowest BCUT2D eigenvalue weighted by Crippen LogP contribution is -2.55. The summed E-state index contributed by atoms with van der Waals surface area (Å²) in [7, 11) is 2.25. The van der Waals surface area contributed by atoms with Gasteiger partial charge in [-0.2, -0.15) is 0 Å². The quantitative estimate of drug-likeness (QED) is 0.909. The van der Waals surface area contributed by atoms with Crippen LogP contribution < -0.4 is 5.73 Å². The molecule has 112 valence electrons. The molecule has 1 aromatic rings. The molecule has 0 saturated heterocycles. The van der Waals surface area contributed by atoms with Crippen LogP contribution in [-0.4, -0.2) is 24.0 Å². The van der Waals surface area contributed by atoms with Gasteiger partial charge in [-0.1, -0.05) is 43.7 Å². The van der Waals surface area contributed by atoms with E-state index in [1.54, 1.807) is 0 Å². The predicted octanol–water partition coefficient (Wildman–Crippen LogP) is 3.58. The number of hydrogen-bond donors (Lipinski definition) is 1. The standard InChI is InChI=1S/C18H30N2/c1-14-6-5-7-17(9-14)12-20(4)18(13-19)10-15(2)8-16(3)11-18/h5-7,9,15-16H,8,10-13,19H2,1-4H3.